The van der Waals surface area contributed by atoms with E-state index in [1.807, 2.05) is 48.5 Å². The number of nitrogens with zero attached hydrogens (tertiary/aromatic N) is 2. The highest BCUT2D eigenvalue weighted by Crippen LogP contribution is 2.45. The minimum atomic E-state index is -1.50. The van der Waals surface area contributed by atoms with Crippen molar-refractivity contribution in [1.29, 1.82) is 0 Å². The molecule has 3 amide bonds. The Morgan fingerprint density at radius 3 is 2.34 bits per heavy atom. The molecule has 2 aliphatic rings. The van der Waals surface area contributed by atoms with E-state index in [4.69, 9.17) is 19.2 Å². The zero-order chi connectivity index (χ0) is 36.6. The van der Waals surface area contributed by atoms with Crippen LogP contribution >= 0.6 is 0 Å². The van der Waals surface area contributed by atoms with E-state index < -0.39 is 64.5 Å². The van der Waals surface area contributed by atoms with Gasteiger partial charge in [-0.3, -0.25) is 9.59 Å². The molecule has 1 aliphatic heterocycles. The van der Waals surface area contributed by atoms with Crippen LogP contribution in [0.15, 0.2) is 67.3 Å². The molecule has 0 bridgehead atoms. The van der Waals surface area contributed by atoms with Gasteiger partial charge in [0.25, 0.3) is 0 Å². The number of benzene rings is 2. The number of hydrogen-bond donors (Lipinski definition) is 3. The van der Waals surface area contributed by atoms with E-state index in [0.717, 1.165) is 5.56 Å². The van der Waals surface area contributed by atoms with Gasteiger partial charge in [-0.25, -0.2) is 14.6 Å². The molecule has 1 saturated carbocycles. The maximum Gasteiger partial charge on any atom is 0.408 e. The Bertz CT molecular complexity index is 1800. The summed E-state index contributed by atoms with van der Waals surface area (Å²) < 4.78 is 17.5. The number of methoxy groups -OCH3 is 1. The summed E-state index contributed by atoms with van der Waals surface area (Å²) in [7, 11) is 1.57. The number of fused-ring (bicyclic) bond motifs is 1. The lowest BCUT2D eigenvalue weighted by molar-refractivity contribution is -0.146. The maximum atomic E-state index is 14.4. The predicted octanol–water partition coefficient (Wildman–Crippen LogP) is 5.34. The van der Waals surface area contributed by atoms with Gasteiger partial charge in [0.1, 0.15) is 40.8 Å². The molecule has 5 rings (SSSR count). The number of carboxylic acid groups (broad SMARTS) is 1. The number of amides is 3. The number of alkyl carbamates (subject to hydrolysis) is 1. The summed E-state index contributed by atoms with van der Waals surface area (Å²) >= 11 is 0. The first-order chi connectivity index (χ1) is 23.5. The number of aromatic nitrogens is 1. The van der Waals surface area contributed by atoms with Crippen molar-refractivity contribution in [2.24, 2.45) is 11.3 Å². The number of rotatable bonds is 10. The number of aliphatic carboxylic acids is 1. The molecule has 50 heavy (non-hydrogen) atoms. The molecule has 2 aromatic carbocycles. The SMILES string of the molecule is C=CC1C[C@]1(NC(=O)C1CC(Oc2cc(-c3ccccc3)nc3cc(OC)ccc23)CN1C(=O)[C@@H](NC(=O)OC(C)(C)C)C(C)(C)C)C(=O)O. The van der Waals surface area contributed by atoms with E-state index in [-0.39, 0.29) is 19.4 Å². The summed E-state index contributed by atoms with van der Waals surface area (Å²) in [4.78, 5) is 59.8. The lowest BCUT2D eigenvalue weighted by Crippen LogP contribution is -2.59. The molecule has 3 unspecified atom stereocenters. The van der Waals surface area contributed by atoms with Crippen molar-refractivity contribution in [3.63, 3.8) is 0 Å². The molecule has 2 heterocycles. The third-order valence-corrected chi connectivity index (χ3v) is 8.99. The van der Waals surface area contributed by atoms with Crippen molar-refractivity contribution in [2.45, 2.75) is 83.7 Å². The molecule has 1 aromatic heterocycles. The van der Waals surface area contributed by atoms with Crippen LogP contribution in [0, 0.1) is 11.3 Å². The fourth-order valence-corrected chi connectivity index (χ4v) is 6.27. The van der Waals surface area contributed by atoms with Crippen molar-refractivity contribution < 1.29 is 38.5 Å². The third kappa shape index (κ3) is 7.69. The van der Waals surface area contributed by atoms with E-state index in [2.05, 4.69) is 17.2 Å². The fraction of sp³-hybridized carbons (Fsp3) is 0.447. The van der Waals surface area contributed by atoms with Crippen LogP contribution in [-0.2, 0) is 19.1 Å². The quantitative estimate of drug-likeness (QED) is 0.240. The minimum Gasteiger partial charge on any atom is -0.497 e. The number of likely N-dealkylation sites (tertiary alicyclic amines) is 1. The highest BCUT2D eigenvalue weighted by Gasteiger charge is 2.61. The van der Waals surface area contributed by atoms with E-state index in [0.29, 0.717) is 28.1 Å². The summed E-state index contributed by atoms with van der Waals surface area (Å²) in [5.41, 5.74) is -0.950. The van der Waals surface area contributed by atoms with Gasteiger partial charge in [0.05, 0.1) is 24.9 Å². The molecule has 5 atom stereocenters. The topological polar surface area (TPSA) is 156 Å². The molecule has 0 radical (unpaired) electrons. The van der Waals surface area contributed by atoms with Crippen molar-refractivity contribution in [2.75, 3.05) is 13.7 Å². The Labute approximate surface area is 292 Å². The van der Waals surface area contributed by atoms with E-state index in [9.17, 15) is 24.3 Å². The number of nitrogens with one attached hydrogen (secondary N) is 2. The number of carbonyl (C=O) groups is 4. The van der Waals surface area contributed by atoms with Crippen molar-refractivity contribution in [3.8, 4) is 22.8 Å². The lowest BCUT2D eigenvalue weighted by Gasteiger charge is -2.35. The van der Waals surface area contributed by atoms with Gasteiger partial charge in [0, 0.05) is 35.4 Å². The standard InChI is InChI=1S/C38H46N4O8/c1-9-23-20-38(23,34(45)46)41-32(43)29-18-25(21-42(29)33(44)31(36(2,3)4)40-35(47)50-37(5,6)7)49-30-19-27(22-13-11-10-12-14-22)39-28-17-24(48-8)15-16-26(28)30/h9-17,19,23,25,29,31H,1,18,20-21H2,2-8H3,(H,40,47)(H,41,43)(H,45,46)/t23?,25?,29?,31-,38-/m1/s1. The molecule has 1 saturated heterocycles. The molecule has 3 N–H and O–H groups in total. The lowest BCUT2D eigenvalue weighted by atomic mass is 9.85. The number of hydrogen-bond acceptors (Lipinski definition) is 8. The van der Waals surface area contributed by atoms with Crippen LogP contribution in [0.1, 0.15) is 54.4 Å². The number of carbonyl (C=O) groups excluding carboxylic acids is 3. The summed E-state index contributed by atoms with van der Waals surface area (Å²) in [5.74, 6) is -1.67. The molecule has 266 valence electrons. The van der Waals surface area contributed by atoms with E-state index >= 15 is 0 Å². The van der Waals surface area contributed by atoms with Gasteiger partial charge in [-0.05, 0) is 44.7 Å². The van der Waals surface area contributed by atoms with Gasteiger partial charge in [-0.2, -0.15) is 0 Å². The first-order valence-electron chi connectivity index (χ1n) is 16.6. The zero-order valence-electron chi connectivity index (χ0n) is 29.6. The Balaban J connectivity index is 1.51. The molecule has 12 nitrogen and oxygen atoms in total. The largest absolute Gasteiger partial charge is 0.497 e. The molecule has 0 spiro atoms. The van der Waals surface area contributed by atoms with Crippen LogP contribution in [-0.4, -0.2) is 81.8 Å². The average molecular weight is 687 g/mol. The highest BCUT2D eigenvalue weighted by atomic mass is 16.6. The first-order valence-corrected chi connectivity index (χ1v) is 16.6. The van der Waals surface area contributed by atoms with Crippen LogP contribution in [0.25, 0.3) is 22.2 Å². The molecule has 1 aliphatic carbocycles. The van der Waals surface area contributed by atoms with Gasteiger partial charge in [0.2, 0.25) is 11.8 Å². The average Bonchev–Trinajstić information content (AvgIpc) is 3.61. The number of carboxylic acids is 1. The summed E-state index contributed by atoms with van der Waals surface area (Å²) in [6.07, 6.45) is 0.311. The summed E-state index contributed by atoms with van der Waals surface area (Å²) in [5, 5.41) is 16.1. The number of pyridine rings is 1. The summed E-state index contributed by atoms with van der Waals surface area (Å²) in [6.45, 7) is 14.3. The zero-order valence-corrected chi connectivity index (χ0v) is 29.6. The highest BCUT2D eigenvalue weighted by molar-refractivity contribution is 5.96. The normalized spacial score (nSPS) is 22.3. The third-order valence-electron chi connectivity index (χ3n) is 8.99. The second kappa shape index (κ2) is 13.6. The Kier molecular flexibility index (Phi) is 9.87. The molecular formula is C38H46N4O8. The Morgan fingerprint density at radius 2 is 1.76 bits per heavy atom. The smallest absolute Gasteiger partial charge is 0.408 e. The summed E-state index contributed by atoms with van der Waals surface area (Å²) in [6, 6.07) is 14.7. The van der Waals surface area contributed by atoms with Crippen LogP contribution < -0.4 is 20.1 Å². The van der Waals surface area contributed by atoms with Gasteiger partial charge >= 0.3 is 12.1 Å². The van der Waals surface area contributed by atoms with Gasteiger partial charge < -0.3 is 34.9 Å². The van der Waals surface area contributed by atoms with Crippen LogP contribution in [0.2, 0.25) is 0 Å². The Hall–Kier alpha value is -5.13. The maximum absolute atomic E-state index is 14.4. The van der Waals surface area contributed by atoms with Crippen molar-refractivity contribution in [1.82, 2.24) is 20.5 Å². The molecular weight excluding hydrogens is 640 g/mol. The minimum absolute atomic E-state index is 0.00883. The number of ether oxygens (including phenoxy) is 3. The van der Waals surface area contributed by atoms with Gasteiger partial charge in [0.15, 0.2) is 0 Å². The Morgan fingerprint density at radius 1 is 1.06 bits per heavy atom. The monoisotopic (exact) mass is 686 g/mol. The van der Waals surface area contributed by atoms with Crippen molar-refractivity contribution >= 4 is 34.8 Å². The first kappa shape index (κ1) is 36.2. The van der Waals surface area contributed by atoms with Crippen LogP contribution in [0.3, 0.4) is 0 Å². The molecule has 2 fully saturated rings. The fourth-order valence-electron chi connectivity index (χ4n) is 6.27. The van der Waals surface area contributed by atoms with Crippen molar-refractivity contribution in [3.05, 3.63) is 67.3 Å². The second-order valence-corrected chi connectivity index (χ2v) is 15.0. The molecule has 12 heteroatoms. The van der Waals surface area contributed by atoms with Gasteiger partial charge in [-0.1, -0.05) is 57.2 Å². The van der Waals surface area contributed by atoms with Crippen LogP contribution in [0.4, 0.5) is 4.79 Å². The predicted molar refractivity (Wildman–Crippen MR) is 188 cm³/mol. The van der Waals surface area contributed by atoms with Crippen LogP contribution in [0.5, 0.6) is 11.5 Å². The van der Waals surface area contributed by atoms with E-state index in [1.54, 1.807) is 54.7 Å². The van der Waals surface area contributed by atoms with E-state index in [1.165, 1.54) is 11.0 Å². The van der Waals surface area contributed by atoms with Gasteiger partial charge in [-0.15, -0.1) is 6.58 Å². The molecule has 3 aromatic rings. The second-order valence-electron chi connectivity index (χ2n) is 15.0.